The van der Waals surface area contributed by atoms with Crippen molar-refractivity contribution in [2.45, 2.75) is 6.61 Å². The molecule has 0 saturated heterocycles. The maximum atomic E-state index is 12.0. The molecule has 5 nitrogen and oxygen atoms in total. The molecule has 0 unspecified atom stereocenters. The van der Waals surface area contributed by atoms with Crippen LogP contribution in [0.15, 0.2) is 42.6 Å². The molecular formula is C15H17N3O2. The number of carbonyl (C=O) groups excluding carboxylic acids is 1. The molecule has 2 aromatic rings. The maximum absolute atomic E-state index is 12.0. The van der Waals surface area contributed by atoms with Crippen LogP contribution in [-0.4, -0.2) is 30.1 Å². The summed E-state index contributed by atoms with van der Waals surface area (Å²) in [5, 5.41) is 11.7. The van der Waals surface area contributed by atoms with Crippen LogP contribution >= 0.6 is 0 Å². The molecule has 1 amide bonds. The summed E-state index contributed by atoms with van der Waals surface area (Å²) >= 11 is 0. The second-order valence-electron chi connectivity index (χ2n) is 4.61. The lowest BCUT2D eigenvalue weighted by Crippen LogP contribution is -2.14. The van der Waals surface area contributed by atoms with Gasteiger partial charge in [-0.2, -0.15) is 0 Å². The van der Waals surface area contributed by atoms with Crippen molar-refractivity contribution < 1.29 is 9.90 Å². The molecule has 0 radical (unpaired) electrons. The van der Waals surface area contributed by atoms with Crippen LogP contribution in [0, 0.1) is 0 Å². The Morgan fingerprint density at radius 1 is 1.20 bits per heavy atom. The van der Waals surface area contributed by atoms with Gasteiger partial charge >= 0.3 is 0 Å². The van der Waals surface area contributed by atoms with E-state index in [1.54, 1.807) is 42.6 Å². The quantitative estimate of drug-likeness (QED) is 0.891. The molecular weight excluding hydrogens is 254 g/mol. The molecule has 20 heavy (non-hydrogen) atoms. The number of aliphatic hydroxyl groups is 1. The molecule has 0 fully saturated rings. The van der Waals surface area contributed by atoms with E-state index in [4.69, 9.17) is 5.11 Å². The number of aliphatic hydroxyl groups excluding tert-OH is 1. The average Bonchev–Trinajstić information content (AvgIpc) is 2.48. The third kappa shape index (κ3) is 3.33. The molecule has 0 aliphatic carbocycles. The molecule has 0 aliphatic heterocycles. The third-order valence-electron chi connectivity index (χ3n) is 2.86. The van der Waals surface area contributed by atoms with Gasteiger partial charge in [-0.3, -0.25) is 4.79 Å². The van der Waals surface area contributed by atoms with Crippen LogP contribution in [0.2, 0.25) is 0 Å². The topological polar surface area (TPSA) is 65.5 Å². The van der Waals surface area contributed by atoms with Gasteiger partial charge in [-0.25, -0.2) is 4.98 Å². The second-order valence-corrected chi connectivity index (χ2v) is 4.61. The molecule has 0 atom stereocenters. The van der Waals surface area contributed by atoms with Gasteiger partial charge in [0.2, 0.25) is 0 Å². The Kier molecular flexibility index (Phi) is 4.32. The highest BCUT2D eigenvalue weighted by Crippen LogP contribution is 2.12. The van der Waals surface area contributed by atoms with Gasteiger partial charge in [0.15, 0.2) is 0 Å². The minimum absolute atomic E-state index is 0.00978. The van der Waals surface area contributed by atoms with E-state index in [0.717, 1.165) is 11.4 Å². The minimum atomic E-state index is -0.209. The number of hydrogen-bond donors (Lipinski definition) is 2. The highest BCUT2D eigenvalue weighted by molar-refractivity contribution is 6.04. The Balaban J connectivity index is 2.07. The monoisotopic (exact) mass is 271 g/mol. The number of nitrogens with one attached hydrogen (secondary N) is 1. The maximum Gasteiger partial charge on any atom is 0.257 e. The first-order valence-corrected chi connectivity index (χ1v) is 6.24. The summed E-state index contributed by atoms with van der Waals surface area (Å²) in [6.45, 7) is -0.00978. The zero-order valence-electron chi connectivity index (χ0n) is 11.5. The number of nitrogens with zero attached hydrogens (tertiary/aromatic N) is 2. The highest BCUT2D eigenvalue weighted by atomic mass is 16.3. The first-order valence-electron chi connectivity index (χ1n) is 6.24. The van der Waals surface area contributed by atoms with E-state index in [2.05, 4.69) is 10.3 Å². The van der Waals surface area contributed by atoms with Crippen molar-refractivity contribution in [3.63, 3.8) is 0 Å². The van der Waals surface area contributed by atoms with Crippen LogP contribution in [0.3, 0.4) is 0 Å². The van der Waals surface area contributed by atoms with Crippen molar-refractivity contribution in [3.8, 4) is 0 Å². The van der Waals surface area contributed by atoms with Crippen molar-refractivity contribution in [3.05, 3.63) is 53.7 Å². The van der Waals surface area contributed by atoms with Crippen LogP contribution in [-0.2, 0) is 6.61 Å². The zero-order chi connectivity index (χ0) is 14.5. The van der Waals surface area contributed by atoms with Crippen LogP contribution in [0.4, 0.5) is 11.5 Å². The van der Waals surface area contributed by atoms with Crippen LogP contribution in [0.1, 0.15) is 15.9 Å². The van der Waals surface area contributed by atoms with Gasteiger partial charge in [-0.05, 0) is 29.8 Å². The molecule has 0 aliphatic rings. The SMILES string of the molecule is CN(C)c1ccc(C(=O)Nc2ccc(CO)cc2)cn1. The Labute approximate surface area is 117 Å². The molecule has 0 bridgehead atoms. The van der Waals surface area contributed by atoms with Gasteiger partial charge in [-0.1, -0.05) is 12.1 Å². The van der Waals surface area contributed by atoms with E-state index < -0.39 is 0 Å². The number of rotatable bonds is 4. The van der Waals surface area contributed by atoms with Crippen molar-refractivity contribution in [2.75, 3.05) is 24.3 Å². The van der Waals surface area contributed by atoms with Crippen LogP contribution in [0.5, 0.6) is 0 Å². The number of pyridine rings is 1. The molecule has 0 spiro atoms. The summed E-state index contributed by atoms with van der Waals surface area (Å²) < 4.78 is 0. The summed E-state index contributed by atoms with van der Waals surface area (Å²) in [6, 6.07) is 10.6. The van der Waals surface area contributed by atoms with E-state index >= 15 is 0 Å². The molecule has 1 heterocycles. The summed E-state index contributed by atoms with van der Waals surface area (Å²) in [7, 11) is 3.79. The first-order chi connectivity index (χ1) is 9.60. The second kappa shape index (κ2) is 6.16. The number of hydrogen-bond acceptors (Lipinski definition) is 4. The van der Waals surface area contributed by atoms with Crippen molar-refractivity contribution >= 4 is 17.4 Å². The number of benzene rings is 1. The molecule has 5 heteroatoms. The fourth-order valence-electron chi connectivity index (χ4n) is 1.68. The predicted molar refractivity (Wildman–Crippen MR) is 78.9 cm³/mol. The normalized spacial score (nSPS) is 10.2. The fourth-order valence-corrected chi connectivity index (χ4v) is 1.68. The molecule has 2 N–H and O–H groups in total. The molecule has 1 aromatic heterocycles. The average molecular weight is 271 g/mol. The van der Waals surface area contributed by atoms with Crippen LogP contribution in [0.25, 0.3) is 0 Å². The Morgan fingerprint density at radius 3 is 2.40 bits per heavy atom. The van der Waals surface area contributed by atoms with E-state index in [0.29, 0.717) is 11.3 Å². The minimum Gasteiger partial charge on any atom is -0.392 e. The van der Waals surface area contributed by atoms with Gasteiger partial charge < -0.3 is 15.3 Å². The van der Waals surface area contributed by atoms with E-state index in [1.807, 2.05) is 19.0 Å². The van der Waals surface area contributed by atoms with Gasteiger partial charge in [0.1, 0.15) is 5.82 Å². The summed E-state index contributed by atoms with van der Waals surface area (Å²) in [4.78, 5) is 18.1. The Morgan fingerprint density at radius 2 is 1.90 bits per heavy atom. The number of carbonyl (C=O) groups is 1. The zero-order valence-corrected chi connectivity index (χ0v) is 11.5. The third-order valence-corrected chi connectivity index (χ3v) is 2.86. The lowest BCUT2D eigenvalue weighted by Gasteiger charge is -2.11. The van der Waals surface area contributed by atoms with E-state index in [9.17, 15) is 4.79 Å². The molecule has 104 valence electrons. The largest absolute Gasteiger partial charge is 0.392 e. The molecule has 2 rings (SSSR count). The highest BCUT2D eigenvalue weighted by Gasteiger charge is 2.07. The number of amides is 1. The standard InChI is InChI=1S/C15H17N3O2/c1-18(2)14-8-5-12(9-16-14)15(20)17-13-6-3-11(10-19)4-7-13/h3-9,19H,10H2,1-2H3,(H,17,20). The smallest absolute Gasteiger partial charge is 0.257 e. The van der Waals surface area contributed by atoms with Gasteiger partial charge in [-0.15, -0.1) is 0 Å². The summed E-state index contributed by atoms with van der Waals surface area (Å²) in [5.41, 5.74) is 1.99. The Bertz CT molecular complexity index is 577. The van der Waals surface area contributed by atoms with Crippen LogP contribution < -0.4 is 10.2 Å². The lowest BCUT2D eigenvalue weighted by molar-refractivity contribution is 0.102. The van der Waals surface area contributed by atoms with Crippen molar-refractivity contribution in [1.29, 1.82) is 0 Å². The number of anilines is 2. The molecule has 0 saturated carbocycles. The van der Waals surface area contributed by atoms with Gasteiger partial charge in [0.05, 0.1) is 12.2 Å². The fraction of sp³-hybridized carbons (Fsp3) is 0.200. The number of aromatic nitrogens is 1. The molecule has 1 aromatic carbocycles. The lowest BCUT2D eigenvalue weighted by atomic mass is 10.2. The van der Waals surface area contributed by atoms with E-state index in [1.165, 1.54) is 0 Å². The first kappa shape index (κ1) is 14.0. The van der Waals surface area contributed by atoms with Crippen molar-refractivity contribution in [2.24, 2.45) is 0 Å². The summed E-state index contributed by atoms with van der Waals surface area (Å²) in [5.74, 6) is 0.591. The summed E-state index contributed by atoms with van der Waals surface area (Å²) in [6.07, 6.45) is 1.55. The van der Waals surface area contributed by atoms with E-state index in [-0.39, 0.29) is 12.5 Å². The van der Waals surface area contributed by atoms with Gasteiger partial charge in [0.25, 0.3) is 5.91 Å². The predicted octanol–water partition coefficient (Wildman–Crippen LogP) is 1.89. The van der Waals surface area contributed by atoms with Gasteiger partial charge in [0, 0.05) is 26.0 Å². The Hall–Kier alpha value is -2.40. The van der Waals surface area contributed by atoms with Crippen molar-refractivity contribution in [1.82, 2.24) is 4.98 Å².